The zero-order valence-corrected chi connectivity index (χ0v) is 25.4. The summed E-state index contributed by atoms with van der Waals surface area (Å²) in [5.74, 6) is -0.298. The molecule has 0 saturated carbocycles. The number of rotatable bonds is 13. The number of nitrogens with one attached hydrogen (secondary N) is 1. The molecule has 0 bridgehead atoms. The van der Waals surface area contributed by atoms with Gasteiger partial charge in [0, 0.05) is 23.0 Å². The first-order valence-electron chi connectivity index (χ1n) is 12.8. The third-order valence-electron chi connectivity index (χ3n) is 6.15. The van der Waals surface area contributed by atoms with E-state index in [0.717, 1.165) is 14.8 Å². The highest BCUT2D eigenvalue weighted by Gasteiger charge is 2.32. The van der Waals surface area contributed by atoms with Gasteiger partial charge in [-0.05, 0) is 93.3 Å². The number of carbonyl (C=O) groups excluding carboxylic acids is 2. The number of nitrogens with zero attached hydrogens (tertiary/aromatic N) is 2. The summed E-state index contributed by atoms with van der Waals surface area (Å²) < 4.78 is 34.4. The molecule has 2 amide bonds. The van der Waals surface area contributed by atoms with Crippen LogP contribution in [0.4, 0.5) is 5.69 Å². The second-order valence-corrected chi connectivity index (χ2v) is 12.0. The summed E-state index contributed by atoms with van der Waals surface area (Å²) in [7, 11) is -4.15. The Kier molecular flexibility index (Phi) is 11.3. The van der Waals surface area contributed by atoms with Crippen molar-refractivity contribution in [3.63, 3.8) is 0 Å². The summed E-state index contributed by atoms with van der Waals surface area (Å²) in [6, 6.07) is 19.1. The maximum atomic E-state index is 13.9. The van der Waals surface area contributed by atoms with Gasteiger partial charge in [0.2, 0.25) is 11.8 Å². The predicted molar refractivity (Wildman–Crippen MR) is 161 cm³/mol. The molecular formula is C29H34ClN3O5S2. The smallest absolute Gasteiger partial charge is 0.264 e. The lowest BCUT2D eigenvalue weighted by atomic mass is 10.1. The number of amides is 2. The quantitative estimate of drug-likeness (QED) is 0.270. The van der Waals surface area contributed by atoms with Crippen LogP contribution in [-0.4, -0.2) is 57.1 Å². The van der Waals surface area contributed by atoms with Gasteiger partial charge in [0.25, 0.3) is 10.0 Å². The Balaban J connectivity index is 2.02. The van der Waals surface area contributed by atoms with Crippen LogP contribution in [0.25, 0.3) is 0 Å². The highest BCUT2D eigenvalue weighted by atomic mass is 35.5. The molecule has 0 heterocycles. The van der Waals surface area contributed by atoms with Crippen LogP contribution in [0.5, 0.6) is 5.75 Å². The molecule has 8 nitrogen and oxygen atoms in total. The molecule has 0 saturated heterocycles. The molecule has 3 aromatic rings. The van der Waals surface area contributed by atoms with E-state index in [-0.39, 0.29) is 17.3 Å². The molecule has 0 aromatic heterocycles. The van der Waals surface area contributed by atoms with Crippen LogP contribution >= 0.6 is 23.4 Å². The van der Waals surface area contributed by atoms with E-state index in [2.05, 4.69) is 5.32 Å². The zero-order valence-electron chi connectivity index (χ0n) is 23.0. The van der Waals surface area contributed by atoms with Gasteiger partial charge in [-0.1, -0.05) is 23.7 Å². The fourth-order valence-electron chi connectivity index (χ4n) is 3.97. The minimum absolute atomic E-state index is 0.0491. The van der Waals surface area contributed by atoms with Crippen LogP contribution in [0.2, 0.25) is 5.02 Å². The lowest BCUT2D eigenvalue weighted by molar-refractivity contribution is -0.139. The second kappa shape index (κ2) is 14.4. The van der Waals surface area contributed by atoms with Crippen molar-refractivity contribution < 1.29 is 22.7 Å². The normalized spacial score (nSPS) is 11.9. The summed E-state index contributed by atoms with van der Waals surface area (Å²) in [6.07, 6.45) is 1.90. The first kappa shape index (κ1) is 31.3. The summed E-state index contributed by atoms with van der Waals surface area (Å²) in [5, 5.41) is 3.28. The van der Waals surface area contributed by atoms with E-state index in [1.807, 2.05) is 13.2 Å². The fraction of sp³-hybridized carbons (Fsp3) is 0.310. The molecule has 0 spiro atoms. The molecule has 40 heavy (non-hydrogen) atoms. The average molecular weight is 604 g/mol. The van der Waals surface area contributed by atoms with Gasteiger partial charge in [0.1, 0.15) is 18.3 Å². The van der Waals surface area contributed by atoms with E-state index in [1.54, 1.807) is 74.5 Å². The van der Waals surface area contributed by atoms with E-state index in [4.69, 9.17) is 16.3 Å². The average Bonchev–Trinajstić information content (AvgIpc) is 2.96. The van der Waals surface area contributed by atoms with Crippen LogP contribution in [-0.2, 0) is 26.2 Å². The van der Waals surface area contributed by atoms with E-state index < -0.39 is 28.5 Å². The van der Waals surface area contributed by atoms with Crippen molar-refractivity contribution in [2.45, 2.75) is 43.1 Å². The molecule has 214 valence electrons. The number of halogens is 1. The maximum Gasteiger partial charge on any atom is 0.264 e. The van der Waals surface area contributed by atoms with Crippen molar-refractivity contribution >= 4 is 50.9 Å². The minimum atomic E-state index is -4.15. The summed E-state index contributed by atoms with van der Waals surface area (Å²) in [5.41, 5.74) is 1.04. The number of hydrogen-bond donors (Lipinski definition) is 1. The largest absolute Gasteiger partial charge is 0.494 e. The van der Waals surface area contributed by atoms with Gasteiger partial charge in [-0.25, -0.2) is 8.42 Å². The lowest BCUT2D eigenvalue weighted by Crippen LogP contribution is -2.51. The van der Waals surface area contributed by atoms with Gasteiger partial charge in [0.15, 0.2) is 0 Å². The van der Waals surface area contributed by atoms with Crippen molar-refractivity contribution in [3.05, 3.63) is 83.4 Å². The Labute approximate surface area is 245 Å². The number of likely N-dealkylation sites (N-methyl/N-ethyl adjacent to an activating group) is 1. The molecule has 0 fully saturated rings. The molecule has 3 rings (SSSR count). The van der Waals surface area contributed by atoms with E-state index in [0.29, 0.717) is 29.6 Å². The first-order valence-corrected chi connectivity index (χ1v) is 15.9. The third kappa shape index (κ3) is 7.93. The van der Waals surface area contributed by atoms with Gasteiger partial charge in [-0.15, -0.1) is 11.8 Å². The molecule has 1 N–H and O–H groups in total. The number of anilines is 1. The van der Waals surface area contributed by atoms with Crippen LogP contribution < -0.4 is 14.4 Å². The Morgan fingerprint density at radius 1 is 0.975 bits per heavy atom. The number of benzene rings is 3. The molecule has 0 radical (unpaired) electrons. The number of hydrogen-bond acceptors (Lipinski definition) is 6. The topological polar surface area (TPSA) is 96.0 Å². The Bertz CT molecular complexity index is 1380. The summed E-state index contributed by atoms with van der Waals surface area (Å²) in [6.45, 7) is 5.69. The van der Waals surface area contributed by atoms with Crippen molar-refractivity contribution in [1.82, 2.24) is 10.2 Å². The van der Waals surface area contributed by atoms with Crippen molar-refractivity contribution in [2.24, 2.45) is 0 Å². The molecule has 1 atom stereocenters. The third-order valence-corrected chi connectivity index (χ3v) is 8.93. The number of carbonyl (C=O) groups is 2. The Morgan fingerprint density at radius 3 is 2.15 bits per heavy atom. The molecule has 0 unspecified atom stereocenters. The molecule has 11 heteroatoms. The van der Waals surface area contributed by atoms with Crippen LogP contribution in [0.1, 0.15) is 26.3 Å². The first-order chi connectivity index (χ1) is 19.1. The van der Waals surface area contributed by atoms with Gasteiger partial charge in [-0.3, -0.25) is 13.9 Å². The Morgan fingerprint density at radius 2 is 1.60 bits per heavy atom. The minimum Gasteiger partial charge on any atom is -0.494 e. The summed E-state index contributed by atoms with van der Waals surface area (Å²) in [4.78, 5) is 29.0. The number of thioether (sulfide) groups is 1. The Hall–Kier alpha value is -3.21. The van der Waals surface area contributed by atoms with Crippen LogP contribution in [0, 0.1) is 0 Å². The second-order valence-electron chi connectivity index (χ2n) is 8.83. The van der Waals surface area contributed by atoms with Crippen molar-refractivity contribution in [1.29, 1.82) is 0 Å². The molecule has 3 aromatic carbocycles. The highest BCUT2D eigenvalue weighted by molar-refractivity contribution is 7.98. The standard InChI is InChI=1S/C29H34ClN3O5S2/c1-5-31-29(35)21(3)32(19-22-7-9-23(30)10-8-22)28(34)20-33(24-11-13-25(14-12-24)38-6-2)40(36,37)27-17-15-26(39-4)16-18-27/h7-18,21H,5-6,19-20H2,1-4H3,(H,31,35)/t21-/m0/s1. The molecule has 0 aliphatic rings. The number of ether oxygens (including phenoxy) is 1. The molecule has 0 aliphatic carbocycles. The van der Waals surface area contributed by atoms with E-state index in [1.165, 1.54) is 28.8 Å². The fourth-order valence-corrected chi connectivity index (χ4v) is 5.92. The lowest BCUT2D eigenvalue weighted by Gasteiger charge is -2.32. The molecule has 0 aliphatic heterocycles. The van der Waals surface area contributed by atoms with Crippen LogP contribution in [0.15, 0.2) is 82.6 Å². The van der Waals surface area contributed by atoms with E-state index >= 15 is 0 Å². The van der Waals surface area contributed by atoms with Gasteiger partial charge < -0.3 is 15.0 Å². The van der Waals surface area contributed by atoms with E-state index in [9.17, 15) is 18.0 Å². The van der Waals surface area contributed by atoms with Gasteiger partial charge >= 0.3 is 0 Å². The summed E-state index contributed by atoms with van der Waals surface area (Å²) >= 11 is 7.53. The zero-order chi connectivity index (χ0) is 29.3. The van der Waals surface area contributed by atoms with Crippen molar-refractivity contribution in [2.75, 3.05) is 30.3 Å². The number of sulfonamides is 1. The van der Waals surface area contributed by atoms with Crippen LogP contribution in [0.3, 0.4) is 0 Å². The highest BCUT2D eigenvalue weighted by Crippen LogP contribution is 2.28. The monoisotopic (exact) mass is 603 g/mol. The SMILES string of the molecule is CCNC(=O)[C@H](C)N(Cc1ccc(Cl)cc1)C(=O)CN(c1ccc(OCC)cc1)S(=O)(=O)c1ccc(SC)cc1. The maximum absolute atomic E-state index is 13.9. The van der Waals surface area contributed by atoms with Gasteiger partial charge in [0.05, 0.1) is 17.2 Å². The molecular weight excluding hydrogens is 570 g/mol. The van der Waals surface area contributed by atoms with Crippen molar-refractivity contribution in [3.8, 4) is 5.75 Å². The van der Waals surface area contributed by atoms with Gasteiger partial charge in [-0.2, -0.15) is 0 Å². The predicted octanol–water partition coefficient (Wildman–Crippen LogP) is 5.21.